The number of ether oxygens (including phenoxy) is 3. The first-order chi connectivity index (χ1) is 13.1. The lowest BCUT2D eigenvalue weighted by atomic mass is 10.2. The van der Waals surface area contributed by atoms with Crippen LogP contribution in [-0.4, -0.2) is 38.9 Å². The number of methoxy groups -OCH3 is 3. The Morgan fingerprint density at radius 3 is 2.32 bits per heavy atom. The number of rotatable bonds is 8. The quantitative estimate of drug-likeness (QED) is 0.293. The van der Waals surface area contributed by atoms with E-state index >= 15 is 0 Å². The van der Waals surface area contributed by atoms with E-state index in [0.29, 0.717) is 24.8 Å². The van der Waals surface area contributed by atoms with Crippen LogP contribution in [0.5, 0.6) is 23.0 Å². The summed E-state index contributed by atoms with van der Waals surface area (Å²) >= 11 is 0. The molecule has 2 aromatic rings. The van der Waals surface area contributed by atoms with E-state index in [9.17, 15) is 5.11 Å². The summed E-state index contributed by atoms with van der Waals surface area (Å²) in [7, 11) is 4.78. The Kier molecular flexibility index (Phi) is 10.3. The smallest absolute Gasteiger partial charge is 0.191 e. The first-order valence-corrected chi connectivity index (χ1v) is 8.70. The Morgan fingerprint density at radius 1 is 0.964 bits per heavy atom. The maximum Gasteiger partial charge on any atom is 0.191 e. The highest BCUT2D eigenvalue weighted by Crippen LogP contribution is 2.26. The molecule has 3 N–H and O–H groups in total. The second kappa shape index (κ2) is 12.2. The minimum absolute atomic E-state index is 0. The number of aliphatic imine (C=N–C) groups is 1. The molecule has 0 bridgehead atoms. The van der Waals surface area contributed by atoms with Gasteiger partial charge in [0.15, 0.2) is 17.5 Å². The van der Waals surface area contributed by atoms with Crippen LogP contribution in [-0.2, 0) is 13.1 Å². The summed E-state index contributed by atoms with van der Waals surface area (Å²) in [6.07, 6.45) is 0. The number of guanidine groups is 1. The lowest BCUT2D eigenvalue weighted by Crippen LogP contribution is -2.36. The Morgan fingerprint density at radius 2 is 1.71 bits per heavy atom. The van der Waals surface area contributed by atoms with Crippen LogP contribution in [0, 0.1) is 0 Å². The third kappa shape index (κ3) is 6.66. The van der Waals surface area contributed by atoms with Crippen LogP contribution < -0.4 is 24.8 Å². The molecule has 7 nitrogen and oxygen atoms in total. The van der Waals surface area contributed by atoms with Crippen molar-refractivity contribution in [1.82, 2.24) is 10.6 Å². The number of aromatic hydroxyl groups is 1. The van der Waals surface area contributed by atoms with Gasteiger partial charge in [-0.25, -0.2) is 4.99 Å². The summed E-state index contributed by atoms with van der Waals surface area (Å²) < 4.78 is 15.7. The van der Waals surface area contributed by atoms with Gasteiger partial charge in [-0.3, -0.25) is 0 Å². The van der Waals surface area contributed by atoms with E-state index in [1.807, 2.05) is 31.2 Å². The predicted molar refractivity (Wildman–Crippen MR) is 121 cm³/mol. The van der Waals surface area contributed by atoms with Gasteiger partial charge in [0, 0.05) is 24.7 Å². The zero-order chi connectivity index (χ0) is 19.6. The lowest BCUT2D eigenvalue weighted by Gasteiger charge is -2.14. The molecule has 0 aromatic heterocycles. The summed E-state index contributed by atoms with van der Waals surface area (Å²) in [4.78, 5) is 4.56. The monoisotopic (exact) mass is 501 g/mol. The SMILES string of the molecule is CCNC(=NCc1ccc(OC)c(O)c1)NCc1ccc(OC)cc1OC.I. The molecular formula is C20H28IN3O4. The van der Waals surface area contributed by atoms with Crippen LogP contribution in [0.3, 0.4) is 0 Å². The lowest BCUT2D eigenvalue weighted by molar-refractivity contribution is 0.373. The molecule has 0 saturated heterocycles. The van der Waals surface area contributed by atoms with Gasteiger partial charge in [0.1, 0.15) is 11.5 Å². The van der Waals surface area contributed by atoms with Gasteiger partial charge in [0.05, 0.1) is 27.9 Å². The van der Waals surface area contributed by atoms with Crippen LogP contribution in [0.2, 0.25) is 0 Å². The van der Waals surface area contributed by atoms with E-state index in [4.69, 9.17) is 14.2 Å². The maximum absolute atomic E-state index is 9.88. The zero-order valence-corrected chi connectivity index (χ0v) is 18.9. The van der Waals surface area contributed by atoms with Gasteiger partial charge in [-0.15, -0.1) is 24.0 Å². The molecule has 0 aliphatic heterocycles. The van der Waals surface area contributed by atoms with Gasteiger partial charge in [-0.1, -0.05) is 6.07 Å². The van der Waals surface area contributed by atoms with Crippen molar-refractivity contribution in [2.45, 2.75) is 20.0 Å². The van der Waals surface area contributed by atoms with Gasteiger partial charge in [0.2, 0.25) is 0 Å². The van der Waals surface area contributed by atoms with Crippen LogP contribution in [0.25, 0.3) is 0 Å². The average molecular weight is 501 g/mol. The van der Waals surface area contributed by atoms with Crippen molar-refractivity contribution < 1.29 is 19.3 Å². The number of phenolic OH excluding ortho intramolecular Hbond substituents is 1. The van der Waals surface area contributed by atoms with Crippen LogP contribution in [0.1, 0.15) is 18.1 Å². The highest BCUT2D eigenvalue weighted by Gasteiger charge is 2.07. The highest BCUT2D eigenvalue weighted by atomic mass is 127. The van der Waals surface area contributed by atoms with Gasteiger partial charge in [-0.05, 0) is 36.8 Å². The normalized spacial score (nSPS) is 10.6. The van der Waals surface area contributed by atoms with E-state index in [1.54, 1.807) is 26.4 Å². The molecule has 8 heteroatoms. The Balaban J connectivity index is 0.00000392. The number of nitrogens with zero attached hydrogens (tertiary/aromatic N) is 1. The Labute approximate surface area is 183 Å². The zero-order valence-electron chi connectivity index (χ0n) is 16.6. The van der Waals surface area contributed by atoms with Crippen molar-refractivity contribution in [3.8, 4) is 23.0 Å². The fourth-order valence-corrected chi connectivity index (χ4v) is 2.52. The first kappa shape index (κ1) is 23.7. The topological polar surface area (TPSA) is 84.3 Å². The third-order valence-electron chi connectivity index (χ3n) is 3.95. The molecule has 28 heavy (non-hydrogen) atoms. The van der Waals surface area contributed by atoms with Crippen molar-refractivity contribution in [3.63, 3.8) is 0 Å². The second-order valence-corrected chi connectivity index (χ2v) is 5.73. The number of phenols is 1. The van der Waals surface area contributed by atoms with Gasteiger partial charge in [0.25, 0.3) is 0 Å². The molecule has 0 aliphatic carbocycles. The molecule has 0 aliphatic rings. The van der Waals surface area contributed by atoms with Gasteiger partial charge >= 0.3 is 0 Å². The van der Waals surface area contributed by atoms with Crippen LogP contribution in [0.15, 0.2) is 41.4 Å². The number of nitrogens with one attached hydrogen (secondary N) is 2. The Hall–Kier alpha value is -2.36. The fraction of sp³-hybridized carbons (Fsp3) is 0.350. The minimum atomic E-state index is 0. The summed E-state index contributed by atoms with van der Waals surface area (Å²) in [5, 5.41) is 16.4. The molecule has 0 spiro atoms. The van der Waals surface area contributed by atoms with E-state index < -0.39 is 0 Å². The summed E-state index contributed by atoms with van der Waals surface area (Å²) in [5.74, 6) is 2.71. The van der Waals surface area contributed by atoms with E-state index in [1.165, 1.54) is 7.11 Å². The number of halogens is 1. The fourth-order valence-electron chi connectivity index (χ4n) is 2.52. The molecule has 0 heterocycles. The maximum atomic E-state index is 9.88. The molecule has 0 amide bonds. The first-order valence-electron chi connectivity index (χ1n) is 8.70. The summed E-state index contributed by atoms with van der Waals surface area (Å²) in [6.45, 7) is 3.71. The highest BCUT2D eigenvalue weighted by molar-refractivity contribution is 14.0. The number of benzene rings is 2. The van der Waals surface area contributed by atoms with Crippen molar-refractivity contribution in [2.24, 2.45) is 4.99 Å². The van der Waals surface area contributed by atoms with Gasteiger partial charge < -0.3 is 30.0 Å². The van der Waals surface area contributed by atoms with Crippen molar-refractivity contribution in [1.29, 1.82) is 0 Å². The average Bonchev–Trinajstić information content (AvgIpc) is 2.70. The summed E-state index contributed by atoms with van der Waals surface area (Å²) in [6, 6.07) is 10.9. The molecule has 0 fully saturated rings. The van der Waals surface area contributed by atoms with Gasteiger partial charge in [-0.2, -0.15) is 0 Å². The van der Waals surface area contributed by atoms with Crippen molar-refractivity contribution in [3.05, 3.63) is 47.5 Å². The van der Waals surface area contributed by atoms with Crippen molar-refractivity contribution in [2.75, 3.05) is 27.9 Å². The van der Waals surface area contributed by atoms with Crippen LogP contribution >= 0.6 is 24.0 Å². The van der Waals surface area contributed by atoms with E-state index in [2.05, 4.69) is 15.6 Å². The van der Waals surface area contributed by atoms with Crippen LogP contribution in [0.4, 0.5) is 0 Å². The molecule has 0 saturated carbocycles. The predicted octanol–water partition coefficient (Wildman–Crippen LogP) is 3.29. The summed E-state index contributed by atoms with van der Waals surface area (Å²) in [5.41, 5.74) is 1.87. The minimum Gasteiger partial charge on any atom is -0.504 e. The van der Waals surface area contributed by atoms with Crippen molar-refractivity contribution >= 4 is 29.9 Å². The number of hydrogen-bond donors (Lipinski definition) is 3. The molecule has 2 rings (SSSR count). The largest absolute Gasteiger partial charge is 0.504 e. The molecule has 0 unspecified atom stereocenters. The third-order valence-corrected chi connectivity index (χ3v) is 3.95. The standard InChI is InChI=1S/C20H27N3O4.HI/c1-5-21-20(22-12-14-6-9-18(26-3)17(24)10-14)23-13-15-7-8-16(25-2)11-19(15)27-4;/h6-11,24H,5,12-13H2,1-4H3,(H2,21,22,23);1H. The van der Waals surface area contributed by atoms with E-state index in [-0.39, 0.29) is 29.7 Å². The van der Waals surface area contributed by atoms with E-state index in [0.717, 1.165) is 29.2 Å². The molecule has 2 aromatic carbocycles. The Bertz CT molecular complexity index is 784. The molecule has 154 valence electrons. The molecule has 0 radical (unpaired) electrons. The number of hydrogen-bond acceptors (Lipinski definition) is 5. The molecule has 0 atom stereocenters. The second-order valence-electron chi connectivity index (χ2n) is 5.73. The molecular weight excluding hydrogens is 473 g/mol.